The Balaban J connectivity index is 1.73. The zero-order chi connectivity index (χ0) is 23.1. The van der Waals surface area contributed by atoms with E-state index in [1.54, 1.807) is 0 Å². The molecule has 0 spiro atoms. The fourth-order valence-electron chi connectivity index (χ4n) is 6.09. The number of aromatic amines is 1. The van der Waals surface area contributed by atoms with Crippen molar-refractivity contribution >= 4 is 54.4 Å². The highest BCUT2D eigenvalue weighted by molar-refractivity contribution is 6.36. The number of aromatic hydroxyl groups is 1. The predicted octanol–water partition coefficient (Wildman–Crippen LogP) is 5.21. The van der Waals surface area contributed by atoms with E-state index in [1.807, 2.05) is 6.20 Å². The van der Waals surface area contributed by atoms with Gasteiger partial charge in [0.15, 0.2) is 5.88 Å². The number of aliphatic hydroxyl groups excluding tert-OH is 1. The summed E-state index contributed by atoms with van der Waals surface area (Å²) in [5.74, 6) is 0.309. The van der Waals surface area contributed by atoms with Gasteiger partial charge in [0.2, 0.25) is 0 Å². The predicted molar refractivity (Wildman–Crippen MR) is 139 cm³/mol. The molecule has 3 aromatic carbocycles. The average molecular weight is 453 g/mol. The first-order valence-electron chi connectivity index (χ1n) is 12.1. The summed E-state index contributed by atoms with van der Waals surface area (Å²) in [6.07, 6.45) is 1.94. The van der Waals surface area contributed by atoms with Crippen molar-refractivity contribution in [2.24, 2.45) is 5.92 Å². The lowest BCUT2D eigenvalue weighted by atomic mass is 10.0. The number of nitrogens with zero attached hydrogens (tertiary/aromatic N) is 2. The number of benzene rings is 3. The lowest BCUT2D eigenvalue weighted by Gasteiger charge is -2.15. The molecule has 0 saturated carbocycles. The van der Waals surface area contributed by atoms with Crippen LogP contribution in [0.4, 0.5) is 0 Å². The molecular formula is C28H28N4O2. The van der Waals surface area contributed by atoms with Gasteiger partial charge in [0.1, 0.15) is 0 Å². The molecule has 4 heterocycles. The lowest BCUT2D eigenvalue weighted by Crippen LogP contribution is -2.21. The lowest BCUT2D eigenvalue weighted by molar-refractivity contribution is 0.201. The van der Waals surface area contributed by atoms with Crippen LogP contribution >= 0.6 is 0 Å². The molecule has 0 aliphatic carbocycles. The number of para-hydroxylation sites is 1. The molecule has 1 aliphatic heterocycles. The fourth-order valence-corrected chi connectivity index (χ4v) is 6.09. The molecule has 0 bridgehead atoms. The molecule has 6 heteroatoms. The number of fused-ring (bicyclic) bond motifs is 9. The number of aromatic nitrogens is 3. The molecule has 3 aromatic heterocycles. The van der Waals surface area contributed by atoms with Gasteiger partial charge in [0, 0.05) is 82.4 Å². The van der Waals surface area contributed by atoms with Crippen molar-refractivity contribution in [2.75, 3.05) is 6.61 Å². The number of hydrogen-bond acceptors (Lipinski definition) is 3. The summed E-state index contributed by atoms with van der Waals surface area (Å²) < 4.78 is 4.77. The summed E-state index contributed by atoms with van der Waals surface area (Å²) in [6, 6.07) is 15.6. The summed E-state index contributed by atoms with van der Waals surface area (Å²) in [6.45, 7) is 6.73. The van der Waals surface area contributed by atoms with Gasteiger partial charge in [-0.25, -0.2) is 0 Å². The second-order valence-corrected chi connectivity index (χ2v) is 10.0. The minimum absolute atomic E-state index is 0.0991. The van der Waals surface area contributed by atoms with Crippen LogP contribution in [0.25, 0.3) is 54.4 Å². The Morgan fingerprint density at radius 1 is 0.941 bits per heavy atom. The van der Waals surface area contributed by atoms with Crippen LogP contribution in [-0.2, 0) is 19.6 Å². The Labute approximate surface area is 196 Å². The monoisotopic (exact) mass is 452 g/mol. The maximum Gasteiger partial charge on any atom is 0.197 e. The zero-order valence-electron chi connectivity index (χ0n) is 19.4. The molecule has 1 atom stereocenters. The molecule has 0 fully saturated rings. The Morgan fingerprint density at radius 2 is 1.68 bits per heavy atom. The molecule has 0 radical (unpaired) electrons. The van der Waals surface area contributed by atoms with Gasteiger partial charge in [-0.1, -0.05) is 38.1 Å². The van der Waals surface area contributed by atoms with E-state index < -0.39 is 0 Å². The molecule has 0 amide bonds. The van der Waals surface area contributed by atoms with Gasteiger partial charge < -0.3 is 29.6 Å². The molecular weight excluding hydrogens is 424 g/mol. The normalized spacial score (nSPS) is 16.3. The SMILES string of the molecule is CC(C)NCc1ccc2c(c1)c1c3c(O)[nH]cc3c3c4ccccc4n4c3c1n2CC(CO)C4. The largest absolute Gasteiger partial charge is 0.494 e. The van der Waals surface area contributed by atoms with Gasteiger partial charge in [-0.3, -0.25) is 0 Å². The van der Waals surface area contributed by atoms with Gasteiger partial charge in [0.05, 0.1) is 16.4 Å². The van der Waals surface area contributed by atoms with Crippen LogP contribution in [0.3, 0.4) is 0 Å². The van der Waals surface area contributed by atoms with Gasteiger partial charge in [-0.05, 0) is 23.8 Å². The van der Waals surface area contributed by atoms with E-state index in [0.717, 1.165) is 52.2 Å². The van der Waals surface area contributed by atoms with Gasteiger partial charge in [-0.2, -0.15) is 0 Å². The zero-order valence-corrected chi connectivity index (χ0v) is 19.4. The van der Waals surface area contributed by atoms with Crippen molar-refractivity contribution in [3.8, 4) is 5.88 Å². The number of aliphatic hydroxyl groups is 1. The maximum atomic E-state index is 11.0. The molecule has 172 valence electrons. The van der Waals surface area contributed by atoms with E-state index in [4.69, 9.17) is 0 Å². The molecule has 6 nitrogen and oxygen atoms in total. The van der Waals surface area contributed by atoms with Crippen LogP contribution in [0.1, 0.15) is 19.4 Å². The van der Waals surface area contributed by atoms with Gasteiger partial charge in [0.25, 0.3) is 0 Å². The van der Waals surface area contributed by atoms with Crippen molar-refractivity contribution in [1.82, 2.24) is 19.4 Å². The second-order valence-electron chi connectivity index (χ2n) is 10.0. The summed E-state index contributed by atoms with van der Waals surface area (Å²) in [4.78, 5) is 3.10. The third-order valence-corrected chi connectivity index (χ3v) is 7.56. The van der Waals surface area contributed by atoms with Crippen LogP contribution in [0.5, 0.6) is 5.88 Å². The molecule has 0 saturated heterocycles. The number of H-pyrrole nitrogens is 1. The summed E-state index contributed by atoms with van der Waals surface area (Å²) in [7, 11) is 0. The number of rotatable bonds is 4. The third kappa shape index (κ3) is 2.52. The minimum Gasteiger partial charge on any atom is -0.494 e. The Bertz CT molecular complexity index is 1750. The summed E-state index contributed by atoms with van der Waals surface area (Å²) in [5, 5.41) is 31.4. The smallest absolute Gasteiger partial charge is 0.197 e. The van der Waals surface area contributed by atoms with Crippen molar-refractivity contribution in [2.45, 2.75) is 39.5 Å². The van der Waals surface area contributed by atoms with Crippen molar-refractivity contribution in [3.05, 3.63) is 54.2 Å². The molecule has 7 rings (SSSR count). The quantitative estimate of drug-likeness (QED) is 0.297. The molecule has 4 N–H and O–H groups in total. The fraction of sp³-hybridized carbons (Fsp3) is 0.286. The van der Waals surface area contributed by atoms with E-state index in [1.165, 1.54) is 27.4 Å². The summed E-state index contributed by atoms with van der Waals surface area (Å²) >= 11 is 0. The molecule has 6 aromatic rings. The Hall–Kier alpha value is -3.48. The second kappa shape index (κ2) is 7.01. The maximum absolute atomic E-state index is 11.0. The van der Waals surface area contributed by atoms with Crippen molar-refractivity contribution < 1.29 is 10.2 Å². The standard InChI is InChI=1S/C28H28N4O2/c1-15(2)29-10-16-7-8-22-19(9-16)24-25-20(11-30-28(25)34)23-18-5-3-4-6-21(18)31-12-17(14-33)13-32(22)27(24)26(23)31/h3-9,11,15,17,29-30,33-34H,10,12-14H2,1-2H3. The summed E-state index contributed by atoms with van der Waals surface area (Å²) in [5.41, 5.74) is 5.88. The minimum atomic E-state index is 0.0991. The molecule has 1 unspecified atom stereocenters. The van der Waals surface area contributed by atoms with Crippen LogP contribution in [0.2, 0.25) is 0 Å². The molecule has 34 heavy (non-hydrogen) atoms. The first-order chi connectivity index (χ1) is 16.6. The van der Waals surface area contributed by atoms with E-state index in [-0.39, 0.29) is 18.4 Å². The first-order valence-corrected chi connectivity index (χ1v) is 12.1. The third-order valence-electron chi connectivity index (χ3n) is 7.56. The van der Waals surface area contributed by atoms with Crippen LogP contribution < -0.4 is 5.32 Å². The topological polar surface area (TPSA) is 78.1 Å². The number of hydrogen-bond donors (Lipinski definition) is 4. The highest BCUT2D eigenvalue weighted by Gasteiger charge is 2.29. The van der Waals surface area contributed by atoms with Crippen molar-refractivity contribution in [3.63, 3.8) is 0 Å². The van der Waals surface area contributed by atoms with Gasteiger partial charge >= 0.3 is 0 Å². The van der Waals surface area contributed by atoms with E-state index in [2.05, 4.69) is 75.7 Å². The van der Waals surface area contributed by atoms with Crippen molar-refractivity contribution in [1.29, 1.82) is 0 Å². The van der Waals surface area contributed by atoms with Crippen LogP contribution in [0, 0.1) is 5.92 Å². The Kier molecular flexibility index (Phi) is 4.11. The Morgan fingerprint density at radius 3 is 2.44 bits per heavy atom. The van der Waals surface area contributed by atoms with Crippen LogP contribution in [-0.4, -0.2) is 37.0 Å². The highest BCUT2D eigenvalue weighted by atomic mass is 16.3. The van der Waals surface area contributed by atoms with Gasteiger partial charge in [-0.15, -0.1) is 0 Å². The highest BCUT2D eigenvalue weighted by Crippen LogP contribution is 2.48. The molecule has 1 aliphatic rings. The first kappa shape index (κ1) is 19.9. The number of nitrogens with one attached hydrogen (secondary N) is 2. The van der Waals surface area contributed by atoms with E-state index >= 15 is 0 Å². The van der Waals surface area contributed by atoms with E-state index in [0.29, 0.717) is 6.04 Å². The van der Waals surface area contributed by atoms with E-state index in [9.17, 15) is 10.2 Å². The van der Waals surface area contributed by atoms with Crippen LogP contribution in [0.15, 0.2) is 48.7 Å². The average Bonchev–Trinajstić information content (AvgIpc) is 3.43.